The first-order valence-corrected chi connectivity index (χ1v) is 15.7. The van der Waals surface area contributed by atoms with E-state index in [2.05, 4.69) is 13.2 Å². The number of hydrogen-bond acceptors (Lipinski definition) is 6. The van der Waals surface area contributed by atoms with E-state index in [1.807, 2.05) is 36.4 Å². The Balaban J connectivity index is 1.58. The van der Waals surface area contributed by atoms with Gasteiger partial charge in [0.25, 0.3) is 0 Å². The monoisotopic (exact) mass is 568 g/mol. The number of unbranched alkanes of at least 4 members (excludes halogenated alkanes) is 5. The summed E-state index contributed by atoms with van der Waals surface area (Å²) < 4.78 is 5.09. The molecule has 4 rings (SSSR count). The number of aliphatic hydroxyl groups is 1. The number of allylic oxidation sites excluding steroid dienone is 1. The van der Waals surface area contributed by atoms with E-state index in [0.717, 1.165) is 63.4 Å². The highest BCUT2D eigenvalue weighted by Gasteiger charge is 2.74. The Morgan fingerprint density at radius 2 is 1.88 bits per heavy atom. The van der Waals surface area contributed by atoms with Crippen molar-refractivity contribution in [3.63, 3.8) is 0 Å². The Morgan fingerprint density at radius 1 is 1.10 bits per heavy atom. The van der Waals surface area contributed by atoms with Crippen LogP contribution in [0.15, 0.2) is 55.6 Å². The number of fused-ring (bicyclic) bond motifs is 1. The first kappa shape index (κ1) is 30.4. The molecule has 218 valence electrons. The number of amides is 2. The molecule has 3 fully saturated rings. The molecule has 1 aromatic carbocycles. The van der Waals surface area contributed by atoms with Gasteiger partial charge in [-0.25, -0.2) is 0 Å². The van der Waals surface area contributed by atoms with Crippen molar-refractivity contribution in [2.24, 2.45) is 11.8 Å². The van der Waals surface area contributed by atoms with E-state index in [1.165, 1.54) is 0 Å². The van der Waals surface area contributed by atoms with E-state index in [9.17, 15) is 14.4 Å². The Labute approximate surface area is 243 Å². The van der Waals surface area contributed by atoms with Crippen molar-refractivity contribution >= 4 is 29.5 Å². The Hall–Kier alpha value is -2.58. The lowest BCUT2D eigenvalue weighted by Crippen LogP contribution is -2.54. The molecule has 0 saturated carbocycles. The molecule has 0 aliphatic carbocycles. The lowest BCUT2D eigenvalue weighted by Gasteiger charge is -2.37. The molecule has 8 heteroatoms. The summed E-state index contributed by atoms with van der Waals surface area (Å²) >= 11 is 1.68. The molecule has 40 heavy (non-hydrogen) atoms. The van der Waals surface area contributed by atoms with Gasteiger partial charge < -0.3 is 19.6 Å². The van der Waals surface area contributed by atoms with Crippen LogP contribution in [0.4, 0.5) is 0 Å². The third-order valence-electron chi connectivity index (χ3n) is 8.54. The van der Waals surface area contributed by atoms with Gasteiger partial charge in [-0.05, 0) is 50.5 Å². The van der Waals surface area contributed by atoms with Gasteiger partial charge in [-0.2, -0.15) is 0 Å². The van der Waals surface area contributed by atoms with Crippen molar-refractivity contribution in [3.05, 3.63) is 61.2 Å². The van der Waals surface area contributed by atoms with Crippen LogP contribution in [0, 0.1) is 11.8 Å². The summed E-state index contributed by atoms with van der Waals surface area (Å²) in [6, 6.07) is 9.25. The molecule has 2 unspecified atom stereocenters. The molecule has 3 heterocycles. The molecule has 0 aromatic heterocycles. The topological polar surface area (TPSA) is 87.1 Å². The van der Waals surface area contributed by atoms with Crippen LogP contribution >= 0.6 is 11.8 Å². The number of thioether (sulfide) groups is 1. The molecule has 1 N–H and O–H groups in total. The van der Waals surface area contributed by atoms with E-state index >= 15 is 0 Å². The summed E-state index contributed by atoms with van der Waals surface area (Å²) in [5.41, 5.74) is 1.02. The molecule has 7 nitrogen and oxygen atoms in total. The fraction of sp³-hybridized carbons (Fsp3) is 0.594. The van der Waals surface area contributed by atoms with Gasteiger partial charge in [0.15, 0.2) is 0 Å². The number of carbonyl (C=O) groups is 3. The number of benzene rings is 1. The number of ether oxygens (including phenoxy) is 1. The number of nitrogens with zero attached hydrogens (tertiary/aromatic N) is 2. The molecule has 1 spiro atoms. The molecular formula is C32H44N2O5S. The zero-order chi connectivity index (χ0) is 28.5. The average Bonchev–Trinajstić information content (AvgIpc) is 3.60. The van der Waals surface area contributed by atoms with Crippen LogP contribution in [-0.4, -0.2) is 75.0 Å². The molecule has 5 atom stereocenters. The van der Waals surface area contributed by atoms with Crippen LogP contribution in [0.3, 0.4) is 0 Å². The van der Waals surface area contributed by atoms with E-state index in [-0.39, 0.29) is 29.6 Å². The third kappa shape index (κ3) is 6.33. The number of carbonyl (C=O) groups excluding carboxylic acids is 3. The van der Waals surface area contributed by atoms with Crippen molar-refractivity contribution in [2.75, 3.05) is 26.3 Å². The maximum atomic E-state index is 14.4. The van der Waals surface area contributed by atoms with Crippen LogP contribution in [0.5, 0.6) is 0 Å². The molecule has 3 aliphatic rings. The highest BCUT2D eigenvalue weighted by atomic mass is 32.2. The largest absolute Gasteiger partial charge is 0.465 e. The van der Waals surface area contributed by atoms with Crippen LogP contribution in [0.25, 0.3) is 0 Å². The van der Waals surface area contributed by atoms with Gasteiger partial charge in [-0.15, -0.1) is 24.9 Å². The molecular weight excluding hydrogens is 524 g/mol. The zero-order valence-corrected chi connectivity index (χ0v) is 24.4. The third-order valence-corrected chi connectivity index (χ3v) is 10.5. The Morgan fingerprint density at radius 3 is 2.60 bits per heavy atom. The maximum Gasteiger partial charge on any atom is 0.310 e. The van der Waals surface area contributed by atoms with Crippen LogP contribution < -0.4 is 0 Å². The van der Waals surface area contributed by atoms with Crippen molar-refractivity contribution < 1.29 is 24.2 Å². The minimum Gasteiger partial charge on any atom is -0.465 e. The van der Waals surface area contributed by atoms with Gasteiger partial charge in [0, 0.05) is 31.5 Å². The quantitative estimate of drug-likeness (QED) is 0.166. The smallest absolute Gasteiger partial charge is 0.310 e. The summed E-state index contributed by atoms with van der Waals surface area (Å²) in [6.45, 7) is 9.42. The Bertz CT molecular complexity index is 1050. The number of hydrogen-bond donors (Lipinski definition) is 1. The normalized spacial score (nSPS) is 26.5. The van der Waals surface area contributed by atoms with Crippen molar-refractivity contribution in [3.8, 4) is 0 Å². The van der Waals surface area contributed by atoms with Crippen LogP contribution in [0.1, 0.15) is 63.4 Å². The van der Waals surface area contributed by atoms with Gasteiger partial charge in [0.1, 0.15) is 6.04 Å². The number of esters is 1. The number of likely N-dealkylation sites (tertiary alicyclic amines) is 1. The standard InChI is InChI=1S/C32H44N2O5S/c1-3-5-6-14-22-39-31(38)26-25-17-18-32(40-25)27(26)29(36)34(20-12-7-8-13-21-35)28(32)30(37)33(19-4-2)23-24-15-10-9-11-16-24/h3-4,9-11,15-16,25-28,35H,1-2,5-8,12-14,17-23H2/t25-,26+,27+,28?,32?/m1/s1. The lowest BCUT2D eigenvalue weighted by molar-refractivity contribution is -0.154. The minimum absolute atomic E-state index is 0.00129. The second-order valence-corrected chi connectivity index (χ2v) is 12.8. The second-order valence-electron chi connectivity index (χ2n) is 11.2. The summed E-state index contributed by atoms with van der Waals surface area (Å²) in [4.78, 5) is 45.5. The Kier molecular flexibility index (Phi) is 10.9. The summed E-state index contributed by atoms with van der Waals surface area (Å²) in [6.07, 6.45) is 10.9. The highest BCUT2D eigenvalue weighted by Crippen LogP contribution is 2.66. The van der Waals surface area contributed by atoms with Gasteiger partial charge in [-0.1, -0.05) is 55.3 Å². The van der Waals surface area contributed by atoms with Crippen molar-refractivity contribution in [1.82, 2.24) is 9.80 Å². The maximum absolute atomic E-state index is 14.4. The van der Waals surface area contributed by atoms with E-state index < -0.39 is 22.6 Å². The summed E-state index contributed by atoms with van der Waals surface area (Å²) in [7, 11) is 0. The van der Waals surface area contributed by atoms with E-state index in [0.29, 0.717) is 26.2 Å². The number of aliphatic hydroxyl groups excluding tert-OH is 1. The minimum atomic E-state index is -0.619. The average molecular weight is 569 g/mol. The molecule has 0 radical (unpaired) electrons. The first-order chi connectivity index (χ1) is 19.5. The van der Waals surface area contributed by atoms with Gasteiger partial charge >= 0.3 is 5.97 Å². The summed E-state index contributed by atoms with van der Waals surface area (Å²) in [5, 5.41) is 9.16. The molecule has 1 aromatic rings. The van der Waals surface area contributed by atoms with E-state index in [4.69, 9.17) is 9.84 Å². The lowest BCUT2D eigenvalue weighted by atomic mass is 9.71. The van der Waals surface area contributed by atoms with Gasteiger partial charge in [0.05, 0.1) is 23.2 Å². The molecule has 3 saturated heterocycles. The predicted octanol–water partition coefficient (Wildman–Crippen LogP) is 4.74. The van der Waals surface area contributed by atoms with Crippen molar-refractivity contribution in [1.29, 1.82) is 0 Å². The first-order valence-electron chi connectivity index (χ1n) is 14.8. The van der Waals surface area contributed by atoms with Crippen LogP contribution in [0.2, 0.25) is 0 Å². The summed E-state index contributed by atoms with van der Waals surface area (Å²) in [5.74, 6) is -1.49. The second kappa shape index (κ2) is 14.4. The zero-order valence-electron chi connectivity index (χ0n) is 23.5. The molecule has 2 bridgehead atoms. The van der Waals surface area contributed by atoms with Crippen molar-refractivity contribution in [2.45, 2.75) is 80.4 Å². The molecule has 2 amide bonds. The highest BCUT2D eigenvalue weighted by molar-refractivity contribution is 8.02. The van der Waals surface area contributed by atoms with Crippen LogP contribution in [-0.2, 0) is 25.7 Å². The fourth-order valence-corrected chi connectivity index (χ4v) is 8.91. The fourth-order valence-electron chi connectivity index (χ4n) is 6.71. The van der Waals surface area contributed by atoms with Gasteiger partial charge in [0.2, 0.25) is 11.8 Å². The number of rotatable bonds is 17. The van der Waals surface area contributed by atoms with E-state index in [1.54, 1.807) is 27.6 Å². The SMILES string of the molecule is C=CCCCCOC(=O)[C@@H]1[C@H]2C(=O)N(CCCCCCO)C(C(=O)N(CC=C)Cc3ccccc3)C23CC[C@H]1S3. The predicted molar refractivity (Wildman–Crippen MR) is 158 cm³/mol. The van der Waals surface area contributed by atoms with Gasteiger partial charge in [-0.3, -0.25) is 14.4 Å². The molecule has 3 aliphatic heterocycles.